The van der Waals surface area contributed by atoms with E-state index in [1.54, 1.807) is 12.4 Å². The molecule has 3 heterocycles. The predicted molar refractivity (Wildman–Crippen MR) is 106 cm³/mol. The van der Waals surface area contributed by atoms with Gasteiger partial charge in [0, 0.05) is 38.6 Å². The summed E-state index contributed by atoms with van der Waals surface area (Å²) >= 11 is 0. The van der Waals surface area contributed by atoms with E-state index in [1.165, 1.54) is 5.56 Å². The average Bonchev–Trinajstić information content (AvgIpc) is 2.75. The fourth-order valence-corrected chi connectivity index (χ4v) is 4.38. The molecule has 142 valence electrons. The van der Waals surface area contributed by atoms with Gasteiger partial charge in [-0.2, -0.15) is 0 Å². The number of carbonyl (C=O) groups excluding carboxylic acids is 1. The molecule has 0 saturated carbocycles. The Balaban J connectivity index is 1.30. The van der Waals surface area contributed by atoms with E-state index >= 15 is 0 Å². The molecule has 1 amide bonds. The number of anilines is 1. The van der Waals surface area contributed by atoms with E-state index < -0.39 is 0 Å². The molecule has 2 aromatic rings. The molecule has 0 bridgehead atoms. The van der Waals surface area contributed by atoms with E-state index in [-0.39, 0.29) is 5.92 Å². The molecule has 0 N–H and O–H groups in total. The minimum Gasteiger partial charge on any atom is -0.342 e. The molecular formula is C22H28N4O. The van der Waals surface area contributed by atoms with Crippen molar-refractivity contribution in [2.75, 3.05) is 31.1 Å². The van der Waals surface area contributed by atoms with Gasteiger partial charge < -0.3 is 9.80 Å². The molecular weight excluding hydrogens is 336 g/mol. The monoisotopic (exact) mass is 364 g/mol. The normalized spacial score (nSPS) is 21.3. The molecule has 0 spiro atoms. The molecule has 1 atom stereocenters. The van der Waals surface area contributed by atoms with Crippen LogP contribution in [0.2, 0.25) is 0 Å². The fourth-order valence-electron chi connectivity index (χ4n) is 4.38. The van der Waals surface area contributed by atoms with Crippen LogP contribution in [0.1, 0.15) is 31.2 Å². The molecule has 4 rings (SSSR count). The van der Waals surface area contributed by atoms with Gasteiger partial charge in [-0.3, -0.25) is 4.79 Å². The van der Waals surface area contributed by atoms with Gasteiger partial charge in [0.15, 0.2) is 0 Å². The van der Waals surface area contributed by atoms with Crippen LogP contribution in [0.4, 0.5) is 5.95 Å². The highest BCUT2D eigenvalue weighted by Gasteiger charge is 2.32. The zero-order chi connectivity index (χ0) is 18.5. The standard InChI is InChI=1S/C22H28N4O/c27-21(20-8-4-13-26(17-20)22-23-11-5-12-24-22)25-14-9-19(10-15-25)16-18-6-2-1-3-7-18/h1-3,5-7,11-12,19-20H,4,8-10,13-17H2/t20-/m0/s1. The summed E-state index contributed by atoms with van der Waals surface area (Å²) in [7, 11) is 0. The van der Waals surface area contributed by atoms with E-state index in [0.29, 0.717) is 11.8 Å². The van der Waals surface area contributed by atoms with Gasteiger partial charge in [-0.15, -0.1) is 0 Å². The lowest BCUT2D eigenvalue weighted by Gasteiger charge is -2.38. The fraction of sp³-hybridized carbons (Fsp3) is 0.500. The zero-order valence-corrected chi connectivity index (χ0v) is 15.8. The summed E-state index contributed by atoms with van der Waals surface area (Å²) in [5.41, 5.74) is 1.41. The summed E-state index contributed by atoms with van der Waals surface area (Å²) < 4.78 is 0. The summed E-state index contributed by atoms with van der Waals surface area (Å²) in [4.78, 5) is 26.0. The second-order valence-electron chi connectivity index (χ2n) is 7.79. The first-order valence-electron chi connectivity index (χ1n) is 10.1. The Kier molecular flexibility index (Phi) is 5.66. The van der Waals surface area contributed by atoms with Crippen LogP contribution in [0, 0.1) is 11.8 Å². The van der Waals surface area contributed by atoms with E-state index in [2.05, 4.69) is 50.1 Å². The number of nitrogens with zero attached hydrogens (tertiary/aromatic N) is 4. The smallest absolute Gasteiger partial charge is 0.227 e. The number of aromatic nitrogens is 2. The van der Waals surface area contributed by atoms with Crippen LogP contribution >= 0.6 is 0 Å². The number of amides is 1. The highest BCUT2D eigenvalue weighted by molar-refractivity contribution is 5.79. The topological polar surface area (TPSA) is 49.3 Å². The van der Waals surface area contributed by atoms with Crippen molar-refractivity contribution in [3.05, 3.63) is 54.4 Å². The Morgan fingerprint density at radius 1 is 0.963 bits per heavy atom. The molecule has 0 aliphatic carbocycles. The first-order valence-corrected chi connectivity index (χ1v) is 10.1. The molecule has 5 nitrogen and oxygen atoms in total. The molecule has 27 heavy (non-hydrogen) atoms. The maximum atomic E-state index is 13.1. The van der Waals surface area contributed by atoms with E-state index in [4.69, 9.17) is 0 Å². The van der Waals surface area contributed by atoms with Gasteiger partial charge >= 0.3 is 0 Å². The lowest BCUT2D eigenvalue weighted by Crippen LogP contribution is -2.47. The third-order valence-electron chi connectivity index (χ3n) is 5.90. The number of likely N-dealkylation sites (tertiary alicyclic amines) is 1. The second-order valence-corrected chi connectivity index (χ2v) is 7.79. The molecule has 0 unspecified atom stereocenters. The van der Waals surface area contributed by atoms with E-state index in [9.17, 15) is 4.79 Å². The molecule has 2 fully saturated rings. The molecule has 1 aromatic carbocycles. The summed E-state index contributed by atoms with van der Waals surface area (Å²) in [5, 5.41) is 0. The van der Waals surface area contributed by atoms with Crippen molar-refractivity contribution in [1.82, 2.24) is 14.9 Å². The molecule has 5 heteroatoms. The van der Waals surface area contributed by atoms with Gasteiger partial charge in [-0.05, 0) is 49.7 Å². The Morgan fingerprint density at radius 2 is 1.70 bits per heavy atom. The van der Waals surface area contributed by atoms with Crippen LogP contribution in [-0.2, 0) is 11.2 Å². The van der Waals surface area contributed by atoms with Crippen LogP contribution in [0.3, 0.4) is 0 Å². The van der Waals surface area contributed by atoms with Crippen molar-refractivity contribution in [2.24, 2.45) is 11.8 Å². The minimum absolute atomic E-state index is 0.0771. The van der Waals surface area contributed by atoms with Gasteiger partial charge in [0.25, 0.3) is 0 Å². The number of hydrogen-bond donors (Lipinski definition) is 0. The van der Waals surface area contributed by atoms with Crippen LogP contribution in [0.25, 0.3) is 0 Å². The maximum Gasteiger partial charge on any atom is 0.227 e. The van der Waals surface area contributed by atoms with Gasteiger partial charge in [0.1, 0.15) is 0 Å². The van der Waals surface area contributed by atoms with E-state index in [0.717, 1.165) is 64.2 Å². The molecule has 2 saturated heterocycles. The Morgan fingerprint density at radius 3 is 2.44 bits per heavy atom. The number of piperidine rings is 2. The summed E-state index contributed by atoms with van der Waals surface area (Å²) in [5.74, 6) is 1.84. The van der Waals surface area contributed by atoms with Gasteiger partial charge in [-0.1, -0.05) is 30.3 Å². The molecule has 0 radical (unpaired) electrons. The number of hydrogen-bond acceptors (Lipinski definition) is 4. The van der Waals surface area contributed by atoms with Crippen molar-refractivity contribution in [3.63, 3.8) is 0 Å². The second kappa shape index (κ2) is 8.51. The van der Waals surface area contributed by atoms with Gasteiger partial charge in [-0.25, -0.2) is 9.97 Å². The highest BCUT2D eigenvalue weighted by atomic mass is 16.2. The number of carbonyl (C=O) groups is 1. The SMILES string of the molecule is O=C([C@H]1CCCN(c2ncccn2)C1)N1CCC(Cc2ccccc2)CC1. The highest BCUT2D eigenvalue weighted by Crippen LogP contribution is 2.26. The third-order valence-corrected chi connectivity index (χ3v) is 5.90. The summed E-state index contributed by atoms with van der Waals surface area (Å²) in [6.45, 7) is 3.48. The Labute approximate surface area is 161 Å². The van der Waals surface area contributed by atoms with Gasteiger partial charge in [0.2, 0.25) is 11.9 Å². The summed E-state index contributed by atoms with van der Waals surface area (Å²) in [6.07, 6.45) is 8.89. The average molecular weight is 364 g/mol. The zero-order valence-electron chi connectivity index (χ0n) is 15.8. The van der Waals surface area contributed by atoms with Crippen molar-refractivity contribution in [1.29, 1.82) is 0 Å². The molecule has 1 aromatic heterocycles. The van der Waals surface area contributed by atoms with Crippen LogP contribution in [0.15, 0.2) is 48.8 Å². The van der Waals surface area contributed by atoms with Crippen molar-refractivity contribution in [3.8, 4) is 0 Å². The largest absolute Gasteiger partial charge is 0.342 e. The Bertz CT molecular complexity index is 728. The van der Waals surface area contributed by atoms with E-state index in [1.807, 2.05) is 6.07 Å². The van der Waals surface area contributed by atoms with Crippen molar-refractivity contribution >= 4 is 11.9 Å². The first-order chi connectivity index (χ1) is 13.3. The predicted octanol–water partition coefficient (Wildman–Crippen LogP) is 3.17. The van der Waals surface area contributed by atoms with Crippen molar-refractivity contribution < 1.29 is 4.79 Å². The lowest BCUT2D eigenvalue weighted by atomic mass is 9.89. The van der Waals surface area contributed by atoms with Crippen LogP contribution in [-0.4, -0.2) is 47.0 Å². The first kappa shape index (κ1) is 18.0. The Hall–Kier alpha value is -2.43. The lowest BCUT2D eigenvalue weighted by molar-refractivity contribution is -0.137. The van der Waals surface area contributed by atoms with Gasteiger partial charge in [0.05, 0.1) is 5.92 Å². The van der Waals surface area contributed by atoms with Crippen LogP contribution < -0.4 is 4.90 Å². The molecule has 2 aliphatic heterocycles. The minimum atomic E-state index is 0.0771. The third kappa shape index (κ3) is 4.46. The number of benzene rings is 1. The quantitative estimate of drug-likeness (QED) is 0.836. The summed E-state index contributed by atoms with van der Waals surface area (Å²) in [6, 6.07) is 12.5. The van der Waals surface area contributed by atoms with Crippen LogP contribution in [0.5, 0.6) is 0 Å². The van der Waals surface area contributed by atoms with Crippen molar-refractivity contribution in [2.45, 2.75) is 32.1 Å². The maximum absolute atomic E-state index is 13.1. The number of rotatable bonds is 4. The molecule has 2 aliphatic rings.